The van der Waals surface area contributed by atoms with Gasteiger partial charge in [0.05, 0.1) is 0 Å². The Kier molecular flexibility index (Phi) is 6.34. The highest BCUT2D eigenvalue weighted by molar-refractivity contribution is 8.00. The molecule has 1 rings (SSSR count). The molecule has 0 bridgehead atoms. The SMILES string of the molecule is CC(C)(C)OC(=O)NCC=Cc1cccc(SC(F)(F)F)c1. The predicted octanol–water partition coefficient (Wildman–Crippen LogP) is 4.84. The van der Waals surface area contributed by atoms with Gasteiger partial charge in [-0.15, -0.1) is 0 Å². The summed E-state index contributed by atoms with van der Waals surface area (Å²) in [6, 6.07) is 6.07. The lowest BCUT2D eigenvalue weighted by Crippen LogP contribution is -2.32. The number of benzene rings is 1. The number of hydrogen-bond donors (Lipinski definition) is 1. The van der Waals surface area contributed by atoms with Crippen molar-refractivity contribution in [1.82, 2.24) is 5.32 Å². The number of alkyl halides is 3. The first-order valence-electron chi connectivity index (χ1n) is 6.54. The number of carbonyl (C=O) groups is 1. The Labute approximate surface area is 131 Å². The van der Waals surface area contributed by atoms with E-state index >= 15 is 0 Å². The third kappa shape index (κ3) is 8.61. The Bertz CT molecular complexity index is 536. The van der Waals surface area contributed by atoms with Gasteiger partial charge >= 0.3 is 11.6 Å². The Balaban J connectivity index is 2.50. The van der Waals surface area contributed by atoms with Crippen molar-refractivity contribution in [2.75, 3.05) is 6.54 Å². The summed E-state index contributed by atoms with van der Waals surface area (Å²) in [4.78, 5) is 11.5. The van der Waals surface area contributed by atoms with Gasteiger partial charge < -0.3 is 10.1 Å². The smallest absolute Gasteiger partial charge is 0.444 e. The molecule has 0 saturated carbocycles. The molecule has 0 atom stereocenters. The number of hydrogen-bond acceptors (Lipinski definition) is 3. The van der Waals surface area contributed by atoms with E-state index in [1.54, 1.807) is 45.1 Å². The molecule has 1 N–H and O–H groups in total. The van der Waals surface area contributed by atoms with Gasteiger partial charge in [-0.3, -0.25) is 0 Å². The summed E-state index contributed by atoms with van der Waals surface area (Å²) >= 11 is -0.158. The zero-order valence-corrected chi connectivity index (χ0v) is 13.3. The minimum atomic E-state index is -4.30. The minimum absolute atomic E-state index is 0.120. The molecule has 1 amide bonds. The van der Waals surface area contributed by atoms with Gasteiger partial charge in [-0.25, -0.2) is 4.79 Å². The second kappa shape index (κ2) is 7.58. The van der Waals surface area contributed by atoms with Crippen molar-refractivity contribution in [1.29, 1.82) is 0 Å². The maximum Gasteiger partial charge on any atom is 0.446 e. The van der Waals surface area contributed by atoms with E-state index in [-0.39, 0.29) is 23.2 Å². The van der Waals surface area contributed by atoms with Crippen molar-refractivity contribution in [2.24, 2.45) is 0 Å². The number of rotatable bonds is 4. The van der Waals surface area contributed by atoms with Crippen LogP contribution in [0.4, 0.5) is 18.0 Å². The average Bonchev–Trinajstić information content (AvgIpc) is 2.31. The van der Waals surface area contributed by atoms with Crippen LogP contribution in [0.15, 0.2) is 35.2 Å². The molecule has 0 radical (unpaired) electrons. The average molecular weight is 333 g/mol. The summed E-state index contributed by atoms with van der Waals surface area (Å²) in [5.41, 5.74) is -4.25. The first-order chi connectivity index (χ1) is 10.1. The molecule has 0 aliphatic heterocycles. The lowest BCUT2D eigenvalue weighted by Gasteiger charge is -2.19. The normalized spacial score (nSPS) is 12.5. The Morgan fingerprint density at radius 2 is 2.00 bits per heavy atom. The molecule has 0 spiro atoms. The van der Waals surface area contributed by atoms with Gasteiger partial charge in [0.1, 0.15) is 5.60 Å². The number of nitrogens with one attached hydrogen (secondary N) is 1. The maximum atomic E-state index is 12.3. The fourth-order valence-electron chi connectivity index (χ4n) is 1.47. The number of halogens is 3. The van der Waals surface area contributed by atoms with Crippen LogP contribution in [0.25, 0.3) is 6.08 Å². The molecule has 0 aromatic heterocycles. The van der Waals surface area contributed by atoms with Crippen molar-refractivity contribution < 1.29 is 22.7 Å². The highest BCUT2D eigenvalue weighted by Gasteiger charge is 2.29. The molecule has 0 heterocycles. The van der Waals surface area contributed by atoms with Crippen LogP contribution in [-0.4, -0.2) is 23.7 Å². The molecule has 3 nitrogen and oxygen atoms in total. The van der Waals surface area contributed by atoms with Crippen LogP contribution in [0.3, 0.4) is 0 Å². The first-order valence-corrected chi connectivity index (χ1v) is 7.36. The molecule has 0 aliphatic carbocycles. The third-order valence-corrected chi connectivity index (χ3v) is 2.89. The van der Waals surface area contributed by atoms with Crippen molar-refractivity contribution in [3.63, 3.8) is 0 Å². The second-order valence-electron chi connectivity index (χ2n) is 5.41. The molecule has 7 heteroatoms. The molecule has 122 valence electrons. The van der Waals surface area contributed by atoms with E-state index in [0.29, 0.717) is 5.56 Å². The number of ether oxygens (including phenoxy) is 1. The molecular formula is C15H18F3NO2S. The lowest BCUT2D eigenvalue weighted by molar-refractivity contribution is -0.0328. The molecule has 22 heavy (non-hydrogen) atoms. The largest absolute Gasteiger partial charge is 0.446 e. The molecule has 1 aromatic rings. The minimum Gasteiger partial charge on any atom is -0.444 e. The van der Waals surface area contributed by atoms with Crippen molar-refractivity contribution in [3.05, 3.63) is 35.9 Å². The van der Waals surface area contributed by atoms with Gasteiger partial charge in [0.2, 0.25) is 0 Å². The van der Waals surface area contributed by atoms with E-state index < -0.39 is 17.2 Å². The van der Waals surface area contributed by atoms with Crippen molar-refractivity contribution in [3.8, 4) is 0 Å². The summed E-state index contributed by atoms with van der Waals surface area (Å²) in [7, 11) is 0. The van der Waals surface area contributed by atoms with E-state index in [4.69, 9.17) is 4.74 Å². The van der Waals surface area contributed by atoms with Crippen LogP contribution in [0.2, 0.25) is 0 Å². The fourth-order valence-corrected chi connectivity index (χ4v) is 2.08. The van der Waals surface area contributed by atoms with Gasteiger partial charge in [0.15, 0.2) is 0 Å². The number of carbonyl (C=O) groups excluding carboxylic acids is 1. The molecule has 0 unspecified atom stereocenters. The summed E-state index contributed by atoms with van der Waals surface area (Å²) in [6.07, 6.45) is 2.73. The van der Waals surface area contributed by atoms with Crippen LogP contribution >= 0.6 is 11.8 Å². The Hall–Kier alpha value is -1.63. The summed E-state index contributed by atoms with van der Waals surface area (Å²) in [6.45, 7) is 5.50. The Morgan fingerprint density at radius 3 is 2.59 bits per heavy atom. The van der Waals surface area contributed by atoms with E-state index in [1.807, 2.05) is 0 Å². The van der Waals surface area contributed by atoms with Crippen molar-refractivity contribution >= 4 is 23.9 Å². The van der Waals surface area contributed by atoms with Gasteiger partial charge in [0.25, 0.3) is 0 Å². The van der Waals surface area contributed by atoms with E-state index in [1.165, 1.54) is 12.1 Å². The summed E-state index contributed by atoms with van der Waals surface area (Å²) in [5, 5.41) is 2.53. The summed E-state index contributed by atoms with van der Waals surface area (Å²) in [5.74, 6) is 0. The third-order valence-electron chi connectivity index (χ3n) is 2.17. The second-order valence-corrected chi connectivity index (χ2v) is 6.54. The van der Waals surface area contributed by atoms with Gasteiger partial charge in [-0.1, -0.05) is 24.3 Å². The zero-order chi connectivity index (χ0) is 16.8. The molecule has 0 fully saturated rings. The predicted molar refractivity (Wildman–Crippen MR) is 81.6 cm³/mol. The highest BCUT2D eigenvalue weighted by atomic mass is 32.2. The van der Waals surface area contributed by atoms with Crippen LogP contribution in [-0.2, 0) is 4.74 Å². The zero-order valence-electron chi connectivity index (χ0n) is 12.5. The van der Waals surface area contributed by atoms with E-state index in [9.17, 15) is 18.0 Å². The Morgan fingerprint density at radius 1 is 1.32 bits per heavy atom. The van der Waals surface area contributed by atoms with Crippen LogP contribution in [0, 0.1) is 0 Å². The van der Waals surface area contributed by atoms with Crippen LogP contribution < -0.4 is 5.32 Å². The first kappa shape index (κ1) is 18.4. The molecular weight excluding hydrogens is 315 g/mol. The van der Waals surface area contributed by atoms with E-state index in [0.717, 1.165) is 0 Å². The van der Waals surface area contributed by atoms with Gasteiger partial charge in [0, 0.05) is 11.4 Å². The van der Waals surface area contributed by atoms with Crippen LogP contribution in [0.5, 0.6) is 0 Å². The van der Waals surface area contributed by atoms with Gasteiger partial charge in [-0.2, -0.15) is 13.2 Å². The standard InChI is InChI=1S/C15H18F3NO2S/c1-14(2,3)21-13(20)19-9-5-7-11-6-4-8-12(10-11)22-15(16,17)18/h4-8,10H,9H2,1-3H3,(H,19,20). The van der Waals surface area contributed by atoms with E-state index in [2.05, 4.69) is 5.32 Å². The number of thioether (sulfide) groups is 1. The number of amides is 1. The number of alkyl carbamates (subject to hydrolysis) is 1. The quantitative estimate of drug-likeness (QED) is 0.802. The molecule has 1 aromatic carbocycles. The molecule has 0 saturated heterocycles. The highest BCUT2D eigenvalue weighted by Crippen LogP contribution is 2.36. The fraction of sp³-hybridized carbons (Fsp3) is 0.400. The van der Waals surface area contributed by atoms with Gasteiger partial charge in [-0.05, 0) is 50.2 Å². The molecule has 0 aliphatic rings. The van der Waals surface area contributed by atoms with Crippen molar-refractivity contribution in [2.45, 2.75) is 36.8 Å². The topological polar surface area (TPSA) is 38.3 Å². The maximum absolute atomic E-state index is 12.3. The summed E-state index contributed by atoms with van der Waals surface area (Å²) < 4.78 is 41.9. The monoisotopic (exact) mass is 333 g/mol. The lowest BCUT2D eigenvalue weighted by atomic mass is 10.2. The van der Waals surface area contributed by atoms with Crippen LogP contribution in [0.1, 0.15) is 26.3 Å².